The lowest BCUT2D eigenvalue weighted by Gasteiger charge is -2.26. The SMILES string of the molecule is COc1cc(Oc2ccc(C3NC(=O)[C@H](NC(=O)OC(C)(C)C)CCCCC/C=C/CCS(=O)(=O)NC(=O)c4ccccc4NC3=O)cc2)nc(-c2ccccc2)n1. The van der Waals surface area contributed by atoms with Gasteiger partial charge < -0.3 is 30.2 Å². The number of fused-ring (bicyclic) bond motifs is 1. The summed E-state index contributed by atoms with van der Waals surface area (Å²) in [6, 6.07) is 20.6. The van der Waals surface area contributed by atoms with Gasteiger partial charge in [0.2, 0.25) is 27.7 Å². The van der Waals surface area contributed by atoms with Gasteiger partial charge in [-0.2, -0.15) is 9.97 Å². The third kappa shape index (κ3) is 12.9. The molecule has 4 aromatic rings. The number of rotatable bonds is 6. The highest BCUT2D eigenvalue weighted by molar-refractivity contribution is 7.90. The van der Waals surface area contributed by atoms with Crippen LogP contribution < -0.4 is 30.1 Å². The van der Waals surface area contributed by atoms with Crippen LogP contribution in [0.5, 0.6) is 17.5 Å². The molecular weight excluding hydrogens is 765 g/mol. The Balaban J connectivity index is 1.47. The van der Waals surface area contributed by atoms with Crippen LogP contribution in [0.1, 0.15) is 81.3 Å². The number of hydrogen-bond acceptors (Lipinski definition) is 11. The number of sulfonamides is 1. The molecule has 1 unspecified atom stereocenters. The lowest BCUT2D eigenvalue weighted by molar-refractivity contribution is -0.128. The summed E-state index contributed by atoms with van der Waals surface area (Å²) in [6.45, 7) is 5.12. The van der Waals surface area contributed by atoms with Crippen LogP contribution in [0.2, 0.25) is 0 Å². The van der Waals surface area contributed by atoms with Gasteiger partial charge in [0.1, 0.15) is 23.4 Å². The third-order valence-electron chi connectivity index (χ3n) is 8.67. The van der Waals surface area contributed by atoms with Crippen molar-refractivity contribution in [3.05, 3.63) is 108 Å². The molecule has 4 N–H and O–H groups in total. The first-order valence-electron chi connectivity index (χ1n) is 18.9. The predicted octanol–water partition coefficient (Wildman–Crippen LogP) is 6.60. The fourth-order valence-electron chi connectivity index (χ4n) is 5.88. The monoisotopic (exact) mass is 812 g/mol. The number of hydrogen-bond donors (Lipinski definition) is 4. The van der Waals surface area contributed by atoms with Crippen LogP contribution in [0, 0.1) is 0 Å². The molecule has 16 heteroatoms. The lowest BCUT2D eigenvalue weighted by Crippen LogP contribution is -2.50. The highest BCUT2D eigenvalue weighted by atomic mass is 32.2. The molecule has 3 aromatic carbocycles. The van der Waals surface area contributed by atoms with Gasteiger partial charge in [-0.3, -0.25) is 14.4 Å². The van der Waals surface area contributed by atoms with Crippen molar-refractivity contribution in [3.8, 4) is 28.9 Å². The highest BCUT2D eigenvalue weighted by Crippen LogP contribution is 2.28. The Morgan fingerprint density at radius 2 is 1.52 bits per heavy atom. The zero-order valence-electron chi connectivity index (χ0n) is 32.8. The molecule has 0 saturated carbocycles. The molecule has 1 aromatic heterocycles. The van der Waals surface area contributed by atoms with E-state index in [1.807, 2.05) is 36.4 Å². The number of carbonyl (C=O) groups excluding carboxylic acids is 4. The van der Waals surface area contributed by atoms with E-state index < -0.39 is 51.5 Å². The standard InChI is InChI=1S/C42H48N6O9S/c1-42(2,3)57-41(52)44-33-21-13-8-6-5-7-9-16-26-58(53,54)48-38(49)31-19-14-15-20-32(31)43-40(51)36(47-39(33)50)28-22-24-30(25-23-28)56-35-27-34(55-4)45-37(46-35)29-17-11-10-12-18-29/h7,9-12,14-15,17-20,22-25,27,33,36H,5-6,8,13,16,21,26H2,1-4H3,(H,43,51)(H,44,52)(H,47,50)(H,48,49)/b9-7+/t33-,36?/m1/s1. The average molecular weight is 813 g/mol. The summed E-state index contributed by atoms with van der Waals surface area (Å²) in [5, 5.41) is 8.14. The van der Waals surface area contributed by atoms with Gasteiger partial charge in [-0.05, 0) is 76.3 Å². The number of allylic oxidation sites excluding steroid dienone is 2. The molecule has 0 fully saturated rings. The summed E-state index contributed by atoms with van der Waals surface area (Å²) >= 11 is 0. The summed E-state index contributed by atoms with van der Waals surface area (Å²) in [7, 11) is -2.53. The second-order valence-electron chi connectivity index (χ2n) is 14.4. The van der Waals surface area contributed by atoms with Crippen molar-refractivity contribution in [1.29, 1.82) is 0 Å². The molecule has 0 aliphatic carbocycles. The normalized spacial score (nSPS) is 18.9. The minimum atomic E-state index is -4.00. The van der Waals surface area contributed by atoms with Crippen LogP contribution in [0.4, 0.5) is 10.5 Å². The summed E-state index contributed by atoms with van der Waals surface area (Å²) in [5.74, 6) is -1.47. The predicted molar refractivity (Wildman–Crippen MR) is 218 cm³/mol. The summed E-state index contributed by atoms with van der Waals surface area (Å²) in [5.41, 5.74) is 0.128. The maximum atomic E-state index is 14.2. The first-order valence-corrected chi connectivity index (χ1v) is 20.5. The van der Waals surface area contributed by atoms with E-state index in [4.69, 9.17) is 14.2 Å². The molecular formula is C42H48N6O9S. The molecule has 0 spiro atoms. The van der Waals surface area contributed by atoms with Crippen LogP contribution in [-0.2, 0) is 24.3 Å². The summed E-state index contributed by atoms with van der Waals surface area (Å²) in [4.78, 5) is 63.4. The van der Waals surface area contributed by atoms with Gasteiger partial charge in [-0.15, -0.1) is 0 Å². The summed E-state index contributed by atoms with van der Waals surface area (Å²) in [6.07, 6.45) is 5.91. The molecule has 58 heavy (non-hydrogen) atoms. The van der Waals surface area contributed by atoms with E-state index >= 15 is 0 Å². The summed E-state index contributed by atoms with van der Waals surface area (Å²) < 4.78 is 44.5. The van der Waals surface area contributed by atoms with Crippen molar-refractivity contribution < 1.29 is 41.8 Å². The molecule has 2 heterocycles. The van der Waals surface area contributed by atoms with E-state index in [9.17, 15) is 27.6 Å². The minimum Gasteiger partial charge on any atom is -0.481 e. The first-order chi connectivity index (χ1) is 27.7. The Kier molecular flexibility index (Phi) is 14.6. The number of aromatic nitrogens is 2. The molecule has 0 bridgehead atoms. The second kappa shape index (κ2) is 19.7. The van der Waals surface area contributed by atoms with Crippen LogP contribution in [0.3, 0.4) is 0 Å². The van der Waals surface area contributed by atoms with Crippen molar-refractivity contribution in [3.63, 3.8) is 0 Å². The Labute approximate surface area is 338 Å². The van der Waals surface area contributed by atoms with Crippen LogP contribution in [-0.4, -0.2) is 66.7 Å². The van der Waals surface area contributed by atoms with Gasteiger partial charge in [0.05, 0.1) is 30.2 Å². The molecule has 1 aliphatic rings. The van der Waals surface area contributed by atoms with E-state index in [0.717, 1.165) is 12.0 Å². The number of nitrogens with zero attached hydrogens (tertiary/aromatic N) is 2. The van der Waals surface area contributed by atoms with Crippen molar-refractivity contribution in [1.82, 2.24) is 25.3 Å². The lowest BCUT2D eigenvalue weighted by atomic mass is 10.0. The zero-order chi connectivity index (χ0) is 41.7. The maximum Gasteiger partial charge on any atom is 0.408 e. The molecule has 0 radical (unpaired) electrons. The number of carbonyl (C=O) groups is 4. The Morgan fingerprint density at radius 3 is 2.24 bits per heavy atom. The smallest absolute Gasteiger partial charge is 0.408 e. The number of alkyl carbamates (subject to hydrolysis) is 1. The van der Waals surface area contributed by atoms with E-state index in [2.05, 4.69) is 30.6 Å². The quantitative estimate of drug-likeness (QED) is 0.153. The van der Waals surface area contributed by atoms with Gasteiger partial charge in [-0.25, -0.2) is 17.9 Å². The fraction of sp³-hybridized carbons (Fsp3) is 0.333. The van der Waals surface area contributed by atoms with E-state index in [0.29, 0.717) is 36.4 Å². The van der Waals surface area contributed by atoms with Gasteiger partial charge in [0, 0.05) is 5.56 Å². The third-order valence-corrected chi connectivity index (χ3v) is 9.94. The Bertz CT molecular complexity index is 2210. The minimum absolute atomic E-state index is 0.00376. The molecule has 2 atom stereocenters. The molecule has 306 valence electrons. The second-order valence-corrected chi connectivity index (χ2v) is 16.3. The zero-order valence-corrected chi connectivity index (χ0v) is 33.6. The number of nitrogens with one attached hydrogen (secondary N) is 4. The van der Waals surface area contributed by atoms with Crippen molar-refractivity contribution in [2.45, 2.75) is 77.0 Å². The Morgan fingerprint density at radius 1 is 0.828 bits per heavy atom. The van der Waals surface area contributed by atoms with Crippen LogP contribution >= 0.6 is 0 Å². The topological polar surface area (TPSA) is 204 Å². The van der Waals surface area contributed by atoms with Gasteiger partial charge in [0.25, 0.3) is 11.8 Å². The van der Waals surface area contributed by atoms with Crippen LogP contribution in [0.25, 0.3) is 11.4 Å². The molecule has 5 rings (SSSR count). The van der Waals surface area contributed by atoms with Crippen molar-refractivity contribution >= 4 is 39.5 Å². The fourth-order valence-corrected chi connectivity index (χ4v) is 6.82. The maximum absolute atomic E-state index is 14.2. The number of amides is 4. The van der Waals surface area contributed by atoms with Crippen molar-refractivity contribution in [2.24, 2.45) is 0 Å². The largest absolute Gasteiger partial charge is 0.481 e. The number of ether oxygens (including phenoxy) is 3. The number of benzene rings is 3. The van der Waals surface area contributed by atoms with E-state index in [-0.39, 0.29) is 41.6 Å². The molecule has 4 amide bonds. The van der Waals surface area contributed by atoms with Gasteiger partial charge in [0.15, 0.2) is 5.82 Å². The van der Waals surface area contributed by atoms with E-state index in [1.165, 1.54) is 31.4 Å². The Hall–Kier alpha value is -6.29. The number of para-hydroxylation sites is 1. The van der Waals surface area contributed by atoms with Crippen molar-refractivity contribution in [2.75, 3.05) is 18.2 Å². The number of methoxy groups -OCH3 is 1. The number of anilines is 1. The molecule has 1 aliphatic heterocycles. The average Bonchev–Trinajstić information content (AvgIpc) is 3.18. The molecule has 0 saturated heterocycles. The van der Waals surface area contributed by atoms with Gasteiger partial charge >= 0.3 is 6.09 Å². The molecule has 15 nitrogen and oxygen atoms in total. The van der Waals surface area contributed by atoms with Gasteiger partial charge in [-0.1, -0.05) is 79.6 Å². The first kappa shape index (κ1) is 42.8. The highest BCUT2D eigenvalue weighted by Gasteiger charge is 2.30. The van der Waals surface area contributed by atoms with Crippen LogP contribution in [0.15, 0.2) is 97.1 Å². The van der Waals surface area contributed by atoms with E-state index in [1.54, 1.807) is 57.2 Å².